The van der Waals surface area contributed by atoms with Crippen molar-refractivity contribution in [1.82, 2.24) is 24.6 Å². The van der Waals surface area contributed by atoms with Gasteiger partial charge in [0.05, 0.1) is 16.8 Å². The van der Waals surface area contributed by atoms with Gasteiger partial charge in [0.15, 0.2) is 0 Å². The zero-order valence-corrected chi connectivity index (χ0v) is 32.6. The first-order valence-corrected chi connectivity index (χ1v) is 19.2. The average Bonchev–Trinajstić information content (AvgIpc) is 3.52. The highest BCUT2D eigenvalue weighted by molar-refractivity contribution is 6.01. The summed E-state index contributed by atoms with van der Waals surface area (Å²) in [5.74, 6) is 1.54. The maximum Gasteiger partial charge on any atom is 0.410 e. The van der Waals surface area contributed by atoms with Crippen LogP contribution in [0, 0.1) is 5.92 Å². The van der Waals surface area contributed by atoms with Crippen LogP contribution in [0.4, 0.5) is 10.5 Å². The van der Waals surface area contributed by atoms with Crippen LogP contribution >= 0.6 is 0 Å². The zero-order valence-electron chi connectivity index (χ0n) is 32.6. The molecule has 5 aromatic rings. The van der Waals surface area contributed by atoms with Crippen LogP contribution in [0.25, 0.3) is 22.2 Å². The van der Waals surface area contributed by atoms with Crippen LogP contribution in [-0.2, 0) is 25.0 Å². The van der Waals surface area contributed by atoms with Crippen molar-refractivity contribution in [2.24, 2.45) is 13.0 Å². The van der Waals surface area contributed by atoms with Crippen LogP contribution < -0.4 is 14.4 Å². The Hall–Kier alpha value is -5.09. The molecule has 0 radical (unpaired) electrons. The number of carbonyl (C=O) groups is 1. The number of aromatic nitrogens is 3. The molecule has 0 aliphatic carbocycles. The molecule has 2 aliphatic rings. The Balaban J connectivity index is 1.07. The van der Waals surface area contributed by atoms with Crippen molar-refractivity contribution in [2.45, 2.75) is 71.8 Å². The van der Waals surface area contributed by atoms with Gasteiger partial charge in [0.1, 0.15) is 24.5 Å². The van der Waals surface area contributed by atoms with Crippen molar-refractivity contribution >= 4 is 22.7 Å². The molecule has 0 N–H and O–H groups in total. The molecule has 3 aromatic carbocycles. The summed E-state index contributed by atoms with van der Waals surface area (Å²) >= 11 is 0. The first-order valence-electron chi connectivity index (χ1n) is 19.2. The van der Waals surface area contributed by atoms with E-state index in [1.54, 1.807) is 0 Å². The van der Waals surface area contributed by atoms with Gasteiger partial charge >= 0.3 is 6.09 Å². The number of piperidine rings is 1. The summed E-state index contributed by atoms with van der Waals surface area (Å²) < 4.78 is 20.2. The maximum absolute atomic E-state index is 12.7. The molecule has 2 aliphatic heterocycles. The topological polar surface area (TPSA) is 85.2 Å². The molecular formula is C44H54N6O4. The Bertz CT molecular complexity index is 2030. The van der Waals surface area contributed by atoms with E-state index in [4.69, 9.17) is 24.3 Å². The number of hydrogen-bond acceptors (Lipinski definition) is 8. The van der Waals surface area contributed by atoms with E-state index in [1.165, 1.54) is 5.69 Å². The molecule has 1 amide bonds. The first kappa shape index (κ1) is 37.2. The van der Waals surface area contributed by atoms with Gasteiger partial charge in [-0.2, -0.15) is 10.1 Å². The third-order valence-corrected chi connectivity index (χ3v) is 11.0. The van der Waals surface area contributed by atoms with Gasteiger partial charge < -0.3 is 24.0 Å². The molecule has 2 saturated heterocycles. The number of para-hydroxylation sites is 1. The van der Waals surface area contributed by atoms with Gasteiger partial charge in [-0.3, -0.25) is 9.58 Å². The molecule has 10 heteroatoms. The number of hydrogen-bond donors (Lipinski definition) is 0. The molecule has 2 aromatic heterocycles. The minimum absolute atomic E-state index is 0.0257. The summed E-state index contributed by atoms with van der Waals surface area (Å²) in [7, 11) is 2.03. The van der Waals surface area contributed by atoms with Crippen molar-refractivity contribution < 1.29 is 19.0 Å². The predicted molar refractivity (Wildman–Crippen MR) is 214 cm³/mol. The fourth-order valence-electron chi connectivity index (χ4n) is 7.90. The number of fused-ring (bicyclic) bond motifs is 1. The second-order valence-corrected chi connectivity index (χ2v) is 16.1. The summed E-state index contributed by atoms with van der Waals surface area (Å²) in [4.78, 5) is 24.5. The second kappa shape index (κ2) is 15.7. The number of aryl methyl sites for hydroxylation is 1. The SMILES string of the molecule is Cn1nc(-c2ccc(OCc3ccccc3)nc2OCc2ccccc2)c2cccc(N3CCC(C(C)(C)N4CCN(C(=O)OC(C)(C)C)CC4)CC3)c21. The van der Waals surface area contributed by atoms with Gasteiger partial charge in [-0.1, -0.05) is 72.8 Å². The molecule has 0 atom stereocenters. The Morgan fingerprint density at radius 1 is 0.741 bits per heavy atom. The number of benzene rings is 3. The number of nitrogens with zero attached hydrogens (tertiary/aromatic N) is 6. The highest BCUT2D eigenvalue weighted by atomic mass is 16.6. The standard InChI is InChI=1S/C44H54N6O4/c1-43(2,3)54-42(51)49-26-28-50(29-27-49)44(4,5)34-22-24-48(25-23-34)37-19-13-18-35-39(46-47(6)40(35)37)36-20-21-38(52-30-32-14-9-7-10-15-32)45-41(36)53-31-33-16-11-8-12-17-33/h7-21,34H,22-31H2,1-6H3. The lowest BCUT2D eigenvalue weighted by Crippen LogP contribution is -2.59. The number of carbonyl (C=O) groups excluding carboxylic acids is 1. The third-order valence-electron chi connectivity index (χ3n) is 11.0. The lowest BCUT2D eigenvalue weighted by atomic mass is 9.78. The summed E-state index contributed by atoms with van der Waals surface area (Å²) in [5.41, 5.74) is 5.63. The molecule has 284 valence electrons. The number of amides is 1. The molecule has 4 heterocycles. The summed E-state index contributed by atoms with van der Waals surface area (Å²) in [6.45, 7) is 16.4. The fraction of sp³-hybridized carbons (Fsp3) is 0.432. The van der Waals surface area contributed by atoms with Crippen LogP contribution in [0.3, 0.4) is 0 Å². The molecule has 0 saturated carbocycles. The molecule has 10 nitrogen and oxygen atoms in total. The first-order chi connectivity index (χ1) is 26.0. The Labute approximate surface area is 319 Å². The second-order valence-electron chi connectivity index (χ2n) is 16.1. The van der Waals surface area contributed by atoms with Crippen LogP contribution in [0.2, 0.25) is 0 Å². The van der Waals surface area contributed by atoms with Gasteiger partial charge in [-0.15, -0.1) is 0 Å². The molecule has 0 unspecified atom stereocenters. The molecule has 2 fully saturated rings. The summed E-state index contributed by atoms with van der Waals surface area (Å²) in [5, 5.41) is 6.15. The molecule has 0 spiro atoms. The minimum Gasteiger partial charge on any atom is -0.473 e. The Kier molecular flexibility index (Phi) is 10.8. The molecule has 0 bridgehead atoms. The van der Waals surface area contributed by atoms with E-state index in [0.29, 0.717) is 44.0 Å². The number of ether oxygens (including phenoxy) is 3. The highest BCUT2D eigenvalue weighted by Crippen LogP contribution is 2.40. The van der Waals surface area contributed by atoms with Crippen molar-refractivity contribution in [3.63, 3.8) is 0 Å². The molecular weight excluding hydrogens is 677 g/mol. The van der Waals surface area contributed by atoms with Gasteiger partial charge in [-0.25, -0.2) is 4.79 Å². The maximum atomic E-state index is 12.7. The Morgan fingerprint density at radius 3 is 2.00 bits per heavy atom. The van der Waals surface area contributed by atoms with E-state index in [1.807, 2.05) is 98.1 Å². The predicted octanol–water partition coefficient (Wildman–Crippen LogP) is 8.34. The van der Waals surface area contributed by atoms with E-state index in [-0.39, 0.29) is 11.6 Å². The van der Waals surface area contributed by atoms with Gasteiger partial charge in [0, 0.05) is 63.3 Å². The van der Waals surface area contributed by atoms with E-state index < -0.39 is 5.60 Å². The lowest BCUT2D eigenvalue weighted by molar-refractivity contribution is -0.0129. The smallest absolute Gasteiger partial charge is 0.410 e. The van der Waals surface area contributed by atoms with Crippen LogP contribution in [0.1, 0.15) is 58.6 Å². The van der Waals surface area contributed by atoms with Gasteiger partial charge in [0.2, 0.25) is 11.8 Å². The van der Waals surface area contributed by atoms with E-state index >= 15 is 0 Å². The molecule has 54 heavy (non-hydrogen) atoms. The lowest BCUT2D eigenvalue weighted by Gasteiger charge is -2.50. The largest absolute Gasteiger partial charge is 0.473 e. The number of rotatable bonds is 10. The Morgan fingerprint density at radius 2 is 1.37 bits per heavy atom. The highest BCUT2D eigenvalue weighted by Gasteiger charge is 2.40. The van der Waals surface area contributed by atoms with E-state index in [2.05, 4.69) is 54.0 Å². The van der Waals surface area contributed by atoms with E-state index in [9.17, 15) is 4.79 Å². The molecule has 7 rings (SSSR count). The van der Waals surface area contributed by atoms with Crippen molar-refractivity contribution in [2.75, 3.05) is 44.2 Å². The number of piperazine rings is 1. The summed E-state index contributed by atoms with van der Waals surface area (Å²) in [6.07, 6.45) is 1.97. The van der Waals surface area contributed by atoms with Crippen molar-refractivity contribution in [3.8, 4) is 23.0 Å². The van der Waals surface area contributed by atoms with Gasteiger partial charge in [0.25, 0.3) is 0 Å². The summed E-state index contributed by atoms with van der Waals surface area (Å²) in [6, 6.07) is 30.7. The fourth-order valence-corrected chi connectivity index (χ4v) is 7.90. The monoisotopic (exact) mass is 730 g/mol. The van der Waals surface area contributed by atoms with E-state index in [0.717, 1.165) is 72.3 Å². The normalized spacial score (nSPS) is 16.1. The average molecular weight is 731 g/mol. The van der Waals surface area contributed by atoms with Crippen LogP contribution in [0.15, 0.2) is 91.0 Å². The minimum atomic E-state index is -0.482. The van der Waals surface area contributed by atoms with Crippen molar-refractivity contribution in [1.29, 1.82) is 0 Å². The zero-order chi connectivity index (χ0) is 37.9. The quantitative estimate of drug-likeness (QED) is 0.142. The van der Waals surface area contributed by atoms with Crippen LogP contribution in [0.5, 0.6) is 11.8 Å². The van der Waals surface area contributed by atoms with Crippen molar-refractivity contribution in [3.05, 3.63) is 102 Å². The third kappa shape index (κ3) is 8.34. The number of anilines is 1. The number of pyridine rings is 1. The van der Waals surface area contributed by atoms with Crippen LogP contribution in [-0.4, -0.2) is 81.1 Å². The van der Waals surface area contributed by atoms with Gasteiger partial charge in [-0.05, 0) is 76.6 Å².